The van der Waals surface area contributed by atoms with Crippen LogP contribution >= 0.6 is 0 Å². The molecule has 0 spiro atoms. The zero-order valence-electron chi connectivity index (χ0n) is 14.7. The fourth-order valence-electron chi connectivity index (χ4n) is 2.45. The number of carbonyl (C=O) groups is 2. The van der Waals surface area contributed by atoms with E-state index in [4.69, 9.17) is 4.74 Å². The molecule has 0 aliphatic rings. The van der Waals surface area contributed by atoms with Crippen LogP contribution in [0.5, 0.6) is 5.75 Å². The van der Waals surface area contributed by atoms with Gasteiger partial charge in [-0.05, 0) is 48.5 Å². The van der Waals surface area contributed by atoms with Gasteiger partial charge in [-0.2, -0.15) is 5.10 Å². The Morgan fingerprint density at radius 2 is 1.81 bits per heavy atom. The van der Waals surface area contributed by atoms with Crippen LogP contribution < -0.4 is 15.4 Å². The van der Waals surface area contributed by atoms with E-state index in [0.29, 0.717) is 17.1 Å². The summed E-state index contributed by atoms with van der Waals surface area (Å²) in [5.41, 5.74) is 1.36. The lowest BCUT2D eigenvalue weighted by atomic mass is 10.1. The van der Waals surface area contributed by atoms with Gasteiger partial charge in [0.05, 0.1) is 24.0 Å². The SMILES string of the molecule is CNC(=O)c1cc(OC)ccc1NC(=O)c1ccn(-c2ccc(F)cc2)n1. The van der Waals surface area contributed by atoms with Crippen LogP contribution in [0.3, 0.4) is 0 Å². The summed E-state index contributed by atoms with van der Waals surface area (Å²) in [4.78, 5) is 24.6. The molecule has 2 aromatic carbocycles. The second-order valence-corrected chi connectivity index (χ2v) is 5.57. The van der Waals surface area contributed by atoms with Gasteiger partial charge in [-0.1, -0.05) is 0 Å². The third kappa shape index (κ3) is 3.95. The molecule has 2 amide bonds. The first kappa shape index (κ1) is 18.1. The molecule has 0 unspecified atom stereocenters. The number of amides is 2. The number of benzene rings is 2. The third-order valence-electron chi connectivity index (χ3n) is 3.86. The lowest BCUT2D eigenvalue weighted by molar-refractivity contribution is 0.0963. The summed E-state index contributed by atoms with van der Waals surface area (Å²) < 4.78 is 19.6. The Morgan fingerprint density at radius 3 is 2.48 bits per heavy atom. The van der Waals surface area contributed by atoms with E-state index in [1.54, 1.807) is 30.5 Å². The third-order valence-corrected chi connectivity index (χ3v) is 3.86. The fourth-order valence-corrected chi connectivity index (χ4v) is 2.45. The van der Waals surface area contributed by atoms with E-state index in [-0.39, 0.29) is 23.0 Å². The quantitative estimate of drug-likeness (QED) is 0.725. The van der Waals surface area contributed by atoms with E-state index in [0.717, 1.165) is 0 Å². The second-order valence-electron chi connectivity index (χ2n) is 5.57. The van der Waals surface area contributed by atoms with E-state index in [9.17, 15) is 14.0 Å². The first-order valence-corrected chi connectivity index (χ1v) is 8.05. The molecular formula is C19H17FN4O3. The number of hydrogen-bond donors (Lipinski definition) is 2. The highest BCUT2D eigenvalue weighted by Gasteiger charge is 2.16. The Balaban J connectivity index is 1.84. The van der Waals surface area contributed by atoms with Crippen molar-refractivity contribution in [3.05, 3.63) is 71.8 Å². The van der Waals surface area contributed by atoms with Crippen molar-refractivity contribution < 1.29 is 18.7 Å². The van der Waals surface area contributed by atoms with E-state index in [1.807, 2.05) is 0 Å². The van der Waals surface area contributed by atoms with Crippen molar-refractivity contribution in [3.63, 3.8) is 0 Å². The van der Waals surface area contributed by atoms with Crippen molar-refractivity contribution in [1.82, 2.24) is 15.1 Å². The van der Waals surface area contributed by atoms with Crippen LogP contribution in [0.4, 0.5) is 10.1 Å². The van der Waals surface area contributed by atoms with Crippen molar-refractivity contribution in [2.24, 2.45) is 0 Å². The molecule has 3 aromatic rings. The van der Waals surface area contributed by atoms with E-state index < -0.39 is 5.91 Å². The number of nitrogens with zero attached hydrogens (tertiary/aromatic N) is 2. The molecule has 0 saturated heterocycles. The highest BCUT2D eigenvalue weighted by atomic mass is 19.1. The standard InChI is InChI=1S/C19H17FN4O3/c1-21-18(25)15-11-14(27-2)7-8-16(15)22-19(26)17-9-10-24(23-17)13-5-3-12(20)4-6-13/h3-11H,1-2H3,(H,21,25)(H,22,26). The maximum atomic E-state index is 13.0. The number of carbonyl (C=O) groups excluding carboxylic acids is 2. The largest absolute Gasteiger partial charge is 0.497 e. The second kappa shape index (κ2) is 7.69. The van der Waals surface area contributed by atoms with Gasteiger partial charge < -0.3 is 15.4 Å². The summed E-state index contributed by atoms with van der Waals surface area (Å²) in [6, 6.07) is 12.0. The highest BCUT2D eigenvalue weighted by Crippen LogP contribution is 2.22. The van der Waals surface area contributed by atoms with Crippen LogP contribution in [-0.2, 0) is 0 Å². The number of halogens is 1. The highest BCUT2D eigenvalue weighted by molar-refractivity contribution is 6.08. The van der Waals surface area contributed by atoms with E-state index in [2.05, 4.69) is 15.7 Å². The molecule has 138 valence electrons. The number of rotatable bonds is 5. The predicted octanol–water partition coefficient (Wildman–Crippen LogP) is 2.63. The molecule has 1 aromatic heterocycles. The van der Waals surface area contributed by atoms with Gasteiger partial charge in [0.15, 0.2) is 5.69 Å². The molecule has 0 radical (unpaired) electrons. The molecule has 7 nitrogen and oxygen atoms in total. The Labute approximate surface area is 154 Å². The minimum Gasteiger partial charge on any atom is -0.497 e. The lowest BCUT2D eigenvalue weighted by Crippen LogP contribution is -2.22. The topological polar surface area (TPSA) is 85.3 Å². The van der Waals surface area contributed by atoms with Crippen LogP contribution in [-0.4, -0.2) is 35.8 Å². The van der Waals surface area contributed by atoms with Crippen molar-refractivity contribution in [2.75, 3.05) is 19.5 Å². The van der Waals surface area contributed by atoms with Gasteiger partial charge >= 0.3 is 0 Å². The minimum absolute atomic E-state index is 0.151. The summed E-state index contributed by atoms with van der Waals surface area (Å²) in [5, 5.41) is 9.39. The van der Waals surface area contributed by atoms with Crippen LogP contribution in [0.15, 0.2) is 54.7 Å². The molecule has 3 rings (SSSR count). The summed E-state index contributed by atoms with van der Waals surface area (Å²) in [6.45, 7) is 0. The van der Waals surface area contributed by atoms with Gasteiger partial charge in [-0.25, -0.2) is 9.07 Å². The smallest absolute Gasteiger partial charge is 0.276 e. The lowest BCUT2D eigenvalue weighted by Gasteiger charge is -2.11. The number of ether oxygens (including phenoxy) is 1. The Kier molecular flexibility index (Phi) is 5.16. The number of nitrogens with one attached hydrogen (secondary N) is 2. The molecule has 0 aliphatic heterocycles. The van der Waals surface area contributed by atoms with Gasteiger partial charge in [0.2, 0.25) is 0 Å². The first-order chi connectivity index (χ1) is 13.0. The number of hydrogen-bond acceptors (Lipinski definition) is 4. The Hall–Kier alpha value is -3.68. The molecule has 0 atom stereocenters. The van der Waals surface area contributed by atoms with Crippen LogP contribution in [0.25, 0.3) is 5.69 Å². The number of aromatic nitrogens is 2. The molecular weight excluding hydrogens is 351 g/mol. The van der Waals surface area contributed by atoms with Gasteiger partial charge in [-0.15, -0.1) is 0 Å². The zero-order chi connectivity index (χ0) is 19.4. The fraction of sp³-hybridized carbons (Fsp3) is 0.105. The molecule has 0 aliphatic carbocycles. The minimum atomic E-state index is -0.480. The van der Waals surface area contributed by atoms with E-state index >= 15 is 0 Å². The average molecular weight is 368 g/mol. The van der Waals surface area contributed by atoms with Crippen LogP contribution in [0.1, 0.15) is 20.8 Å². The predicted molar refractivity (Wildman–Crippen MR) is 97.9 cm³/mol. The van der Waals surface area contributed by atoms with Gasteiger partial charge in [0.1, 0.15) is 11.6 Å². The van der Waals surface area contributed by atoms with Crippen LogP contribution in [0.2, 0.25) is 0 Å². The molecule has 0 bridgehead atoms. The average Bonchev–Trinajstić information content (AvgIpc) is 3.18. The summed E-state index contributed by atoms with van der Waals surface area (Å²) in [7, 11) is 2.99. The Bertz CT molecular complexity index is 983. The molecule has 0 saturated carbocycles. The molecule has 0 fully saturated rings. The summed E-state index contributed by atoms with van der Waals surface area (Å²) in [5.74, 6) is -0.704. The Morgan fingerprint density at radius 1 is 1.07 bits per heavy atom. The molecule has 1 heterocycles. The number of methoxy groups -OCH3 is 1. The normalized spacial score (nSPS) is 10.3. The summed E-state index contributed by atoms with van der Waals surface area (Å²) in [6.07, 6.45) is 1.59. The zero-order valence-corrected chi connectivity index (χ0v) is 14.7. The van der Waals surface area contributed by atoms with Crippen LogP contribution in [0, 0.1) is 5.82 Å². The van der Waals surface area contributed by atoms with Crippen molar-refractivity contribution in [2.45, 2.75) is 0 Å². The molecule has 8 heteroatoms. The van der Waals surface area contributed by atoms with Crippen molar-refractivity contribution >= 4 is 17.5 Å². The van der Waals surface area contributed by atoms with Crippen molar-refractivity contribution in [1.29, 1.82) is 0 Å². The molecule has 27 heavy (non-hydrogen) atoms. The maximum absolute atomic E-state index is 13.0. The maximum Gasteiger partial charge on any atom is 0.276 e. The van der Waals surface area contributed by atoms with Gasteiger partial charge in [0.25, 0.3) is 11.8 Å². The van der Waals surface area contributed by atoms with Crippen molar-refractivity contribution in [3.8, 4) is 11.4 Å². The number of anilines is 1. The molecule has 2 N–H and O–H groups in total. The monoisotopic (exact) mass is 368 g/mol. The van der Waals surface area contributed by atoms with Gasteiger partial charge in [-0.3, -0.25) is 9.59 Å². The first-order valence-electron chi connectivity index (χ1n) is 8.05. The van der Waals surface area contributed by atoms with Gasteiger partial charge in [0, 0.05) is 13.2 Å². The van der Waals surface area contributed by atoms with E-state index in [1.165, 1.54) is 43.1 Å². The summed E-state index contributed by atoms with van der Waals surface area (Å²) >= 11 is 0.